The standard InChI is InChI=1S/C16H22N2O2/c1-3-12(13-7-5-4-6-8-13)9-16(19)18-14-10-17-11-15(14)20-2/h3-8,12,14-15,17H,1,9-11H2,2H3,(H,18,19). The van der Waals surface area contributed by atoms with E-state index in [4.69, 9.17) is 4.74 Å². The van der Waals surface area contributed by atoms with Crippen molar-refractivity contribution < 1.29 is 9.53 Å². The molecule has 0 spiro atoms. The van der Waals surface area contributed by atoms with Gasteiger partial charge in [0.1, 0.15) is 0 Å². The van der Waals surface area contributed by atoms with E-state index in [1.54, 1.807) is 7.11 Å². The molecule has 1 aromatic carbocycles. The van der Waals surface area contributed by atoms with Gasteiger partial charge in [-0.2, -0.15) is 0 Å². The summed E-state index contributed by atoms with van der Waals surface area (Å²) in [4.78, 5) is 12.2. The minimum absolute atomic E-state index is 0.0366. The Morgan fingerprint density at radius 3 is 2.90 bits per heavy atom. The molecule has 0 radical (unpaired) electrons. The molecule has 0 aromatic heterocycles. The zero-order valence-corrected chi connectivity index (χ0v) is 11.8. The van der Waals surface area contributed by atoms with Crippen molar-refractivity contribution in [3.8, 4) is 0 Å². The molecule has 108 valence electrons. The topological polar surface area (TPSA) is 50.4 Å². The normalized spacial score (nSPS) is 23.2. The molecule has 4 heteroatoms. The Bertz CT molecular complexity index is 447. The molecule has 4 nitrogen and oxygen atoms in total. The van der Waals surface area contributed by atoms with Crippen molar-refractivity contribution in [1.29, 1.82) is 0 Å². The number of carbonyl (C=O) groups is 1. The number of hydrogen-bond donors (Lipinski definition) is 2. The Kier molecular flexibility index (Phi) is 5.32. The van der Waals surface area contributed by atoms with Crippen LogP contribution >= 0.6 is 0 Å². The number of ether oxygens (including phenoxy) is 1. The molecule has 1 saturated heterocycles. The summed E-state index contributed by atoms with van der Waals surface area (Å²) in [5.41, 5.74) is 1.12. The van der Waals surface area contributed by atoms with E-state index in [0.717, 1.165) is 18.7 Å². The molecule has 1 aliphatic rings. The summed E-state index contributed by atoms with van der Waals surface area (Å²) in [6.07, 6.45) is 2.30. The van der Waals surface area contributed by atoms with Gasteiger partial charge in [-0.05, 0) is 5.56 Å². The van der Waals surface area contributed by atoms with Crippen molar-refractivity contribution in [1.82, 2.24) is 10.6 Å². The fourth-order valence-corrected chi connectivity index (χ4v) is 2.55. The van der Waals surface area contributed by atoms with Crippen LogP contribution in [0.1, 0.15) is 17.9 Å². The summed E-state index contributed by atoms with van der Waals surface area (Å²) in [5.74, 6) is 0.0843. The van der Waals surface area contributed by atoms with Crippen LogP contribution in [0.5, 0.6) is 0 Å². The van der Waals surface area contributed by atoms with Gasteiger partial charge in [0.05, 0.1) is 12.1 Å². The fourth-order valence-electron chi connectivity index (χ4n) is 2.55. The Hall–Kier alpha value is -1.65. The third kappa shape index (κ3) is 3.68. The zero-order chi connectivity index (χ0) is 14.4. The maximum absolute atomic E-state index is 12.2. The lowest BCUT2D eigenvalue weighted by Crippen LogP contribution is -2.43. The predicted molar refractivity (Wildman–Crippen MR) is 79.6 cm³/mol. The predicted octanol–water partition coefficient (Wildman–Crippen LogP) is 1.45. The van der Waals surface area contributed by atoms with Crippen LogP contribution in [0, 0.1) is 0 Å². The molecule has 1 aliphatic heterocycles. The van der Waals surface area contributed by atoms with Gasteiger partial charge >= 0.3 is 0 Å². The number of allylic oxidation sites excluding steroid dienone is 1. The summed E-state index contributed by atoms with van der Waals surface area (Å²) < 4.78 is 5.34. The van der Waals surface area contributed by atoms with Gasteiger partial charge in [0.15, 0.2) is 0 Å². The number of carbonyl (C=O) groups excluding carboxylic acids is 1. The average molecular weight is 274 g/mol. The number of benzene rings is 1. The smallest absolute Gasteiger partial charge is 0.221 e. The number of hydrogen-bond acceptors (Lipinski definition) is 3. The third-order valence-corrected chi connectivity index (χ3v) is 3.73. The highest BCUT2D eigenvalue weighted by molar-refractivity contribution is 5.77. The Labute approximate surface area is 120 Å². The summed E-state index contributed by atoms with van der Waals surface area (Å²) in [6, 6.07) is 10.0. The first-order valence-electron chi connectivity index (χ1n) is 6.95. The van der Waals surface area contributed by atoms with Crippen LogP contribution in [0.3, 0.4) is 0 Å². The van der Waals surface area contributed by atoms with Gasteiger partial charge < -0.3 is 15.4 Å². The second kappa shape index (κ2) is 7.22. The molecule has 2 rings (SSSR count). The van der Waals surface area contributed by atoms with Crippen molar-refractivity contribution in [3.05, 3.63) is 48.6 Å². The first-order chi connectivity index (χ1) is 9.74. The molecule has 3 unspecified atom stereocenters. The lowest BCUT2D eigenvalue weighted by Gasteiger charge is -2.20. The van der Waals surface area contributed by atoms with Gasteiger partial charge in [-0.1, -0.05) is 36.4 Å². The van der Waals surface area contributed by atoms with Crippen LogP contribution in [0.2, 0.25) is 0 Å². The van der Waals surface area contributed by atoms with Crippen LogP contribution in [-0.2, 0) is 9.53 Å². The van der Waals surface area contributed by atoms with Crippen molar-refractivity contribution in [2.75, 3.05) is 20.2 Å². The van der Waals surface area contributed by atoms with E-state index < -0.39 is 0 Å². The number of nitrogens with one attached hydrogen (secondary N) is 2. The minimum atomic E-state index is 0.0366. The zero-order valence-electron chi connectivity index (χ0n) is 11.8. The van der Waals surface area contributed by atoms with E-state index in [9.17, 15) is 4.79 Å². The summed E-state index contributed by atoms with van der Waals surface area (Å²) in [5, 5.41) is 6.26. The third-order valence-electron chi connectivity index (χ3n) is 3.73. The maximum atomic E-state index is 12.2. The SMILES string of the molecule is C=CC(CC(=O)NC1CNCC1OC)c1ccccc1. The van der Waals surface area contributed by atoms with Gasteiger partial charge in [0.25, 0.3) is 0 Å². The van der Waals surface area contributed by atoms with Crippen molar-refractivity contribution in [3.63, 3.8) is 0 Å². The van der Waals surface area contributed by atoms with Gasteiger partial charge in [-0.15, -0.1) is 6.58 Å². The lowest BCUT2D eigenvalue weighted by atomic mass is 9.95. The quantitative estimate of drug-likeness (QED) is 0.772. The summed E-state index contributed by atoms with van der Waals surface area (Å²) in [6.45, 7) is 5.38. The molecular weight excluding hydrogens is 252 g/mol. The number of amides is 1. The van der Waals surface area contributed by atoms with E-state index >= 15 is 0 Å². The van der Waals surface area contributed by atoms with E-state index in [0.29, 0.717) is 6.42 Å². The van der Waals surface area contributed by atoms with Crippen molar-refractivity contribution in [2.24, 2.45) is 0 Å². The van der Waals surface area contributed by atoms with Crippen LogP contribution < -0.4 is 10.6 Å². The molecule has 1 amide bonds. The largest absolute Gasteiger partial charge is 0.378 e. The molecule has 2 N–H and O–H groups in total. The van der Waals surface area contributed by atoms with Gasteiger partial charge in [-0.3, -0.25) is 4.79 Å². The molecule has 20 heavy (non-hydrogen) atoms. The Morgan fingerprint density at radius 1 is 1.50 bits per heavy atom. The number of rotatable bonds is 6. The molecule has 3 atom stereocenters. The second-order valence-electron chi connectivity index (χ2n) is 5.06. The highest BCUT2D eigenvalue weighted by Gasteiger charge is 2.28. The van der Waals surface area contributed by atoms with Gasteiger partial charge in [0.2, 0.25) is 5.91 Å². The summed E-state index contributed by atoms with van der Waals surface area (Å²) in [7, 11) is 1.67. The van der Waals surface area contributed by atoms with Crippen LogP contribution in [0.15, 0.2) is 43.0 Å². The van der Waals surface area contributed by atoms with Gasteiger partial charge in [-0.25, -0.2) is 0 Å². The second-order valence-corrected chi connectivity index (χ2v) is 5.06. The average Bonchev–Trinajstić information content (AvgIpc) is 2.92. The van der Waals surface area contributed by atoms with E-state index in [1.807, 2.05) is 36.4 Å². The molecule has 0 bridgehead atoms. The van der Waals surface area contributed by atoms with Gasteiger partial charge in [0, 0.05) is 32.5 Å². The number of methoxy groups -OCH3 is 1. The van der Waals surface area contributed by atoms with E-state index in [-0.39, 0.29) is 24.0 Å². The molecular formula is C16H22N2O2. The molecule has 0 saturated carbocycles. The van der Waals surface area contributed by atoms with Crippen LogP contribution in [0.25, 0.3) is 0 Å². The minimum Gasteiger partial charge on any atom is -0.378 e. The van der Waals surface area contributed by atoms with E-state index in [2.05, 4.69) is 17.2 Å². The highest BCUT2D eigenvalue weighted by atomic mass is 16.5. The van der Waals surface area contributed by atoms with Crippen molar-refractivity contribution in [2.45, 2.75) is 24.5 Å². The monoisotopic (exact) mass is 274 g/mol. The fraction of sp³-hybridized carbons (Fsp3) is 0.438. The van der Waals surface area contributed by atoms with Crippen LogP contribution in [0.4, 0.5) is 0 Å². The highest BCUT2D eigenvalue weighted by Crippen LogP contribution is 2.20. The molecule has 1 heterocycles. The molecule has 0 aliphatic carbocycles. The maximum Gasteiger partial charge on any atom is 0.221 e. The van der Waals surface area contributed by atoms with E-state index in [1.165, 1.54) is 0 Å². The first-order valence-corrected chi connectivity index (χ1v) is 6.95. The Balaban J connectivity index is 1.91. The molecule has 1 fully saturated rings. The lowest BCUT2D eigenvalue weighted by molar-refractivity contribution is -0.122. The first kappa shape index (κ1) is 14.8. The van der Waals surface area contributed by atoms with Crippen molar-refractivity contribution >= 4 is 5.91 Å². The Morgan fingerprint density at radius 2 is 2.25 bits per heavy atom. The summed E-state index contributed by atoms with van der Waals surface area (Å²) >= 11 is 0. The molecule has 1 aromatic rings. The van der Waals surface area contributed by atoms with Crippen LogP contribution in [-0.4, -0.2) is 38.3 Å².